The van der Waals surface area contributed by atoms with Crippen LogP contribution in [-0.4, -0.2) is 18.0 Å². The molecule has 0 aromatic carbocycles. The summed E-state index contributed by atoms with van der Waals surface area (Å²) in [5.74, 6) is -0.321. The van der Waals surface area contributed by atoms with Crippen molar-refractivity contribution < 1.29 is 9.47 Å². The molecule has 0 N–H and O–H groups in total. The Morgan fingerprint density at radius 3 is 1.23 bits per heavy atom. The maximum absolute atomic E-state index is 5.98. The molecule has 2 atom stereocenters. The molecule has 2 aliphatic rings. The van der Waals surface area contributed by atoms with Crippen LogP contribution in [0.3, 0.4) is 0 Å². The average molecular weight is 184 g/mol. The summed E-state index contributed by atoms with van der Waals surface area (Å²) < 4.78 is 12.0. The Morgan fingerprint density at radius 1 is 0.769 bits per heavy atom. The van der Waals surface area contributed by atoms with Crippen LogP contribution in [0, 0.1) is 10.8 Å². The van der Waals surface area contributed by atoms with E-state index in [4.69, 9.17) is 9.47 Å². The van der Waals surface area contributed by atoms with E-state index in [-0.39, 0.29) is 28.8 Å². The third-order valence-electron chi connectivity index (χ3n) is 4.51. The highest BCUT2D eigenvalue weighted by molar-refractivity contribution is 5.23. The molecule has 0 aromatic rings. The summed E-state index contributed by atoms with van der Waals surface area (Å²) >= 11 is 0. The van der Waals surface area contributed by atoms with Crippen LogP contribution in [0.15, 0.2) is 0 Å². The molecule has 1 aliphatic carbocycles. The summed E-state index contributed by atoms with van der Waals surface area (Å²) in [6.45, 7) is 13.1. The molecule has 0 unspecified atom stereocenters. The summed E-state index contributed by atoms with van der Waals surface area (Å²) in [4.78, 5) is 0. The molecule has 13 heavy (non-hydrogen) atoms. The number of ether oxygens (including phenoxy) is 2. The molecular formula is C11H20O2. The van der Waals surface area contributed by atoms with Gasteiger partial charge in [0.25, 0.3) is 0 Å². The molecule has 1 saturated heterocycles. The van der Waals surface area contributed by atoms with Crippen molar-refractivity contribution in [3.05, 3.63) is 0 Å². The van der Waals surface area contributed by atoms with Crippen molar-refractivity contribution in [3.8, 4) is 0 Å². The van der Waals surface area contributed by atoms with Crippen LogP contribution >= 0.6 is 0 Å². The van der Waals surface area contributed by atoms with Crippen LogP contribution in [0.25, 0.3) is 0 Å². The van der Waals surface area contributed by atoms with Gasteiger partial charge in [-0.25, -0.2) is 0 Å². The number of hydrogen-bond donors (Lipinski definition) is 0. The Hall–Kier alpha value is -0.0800. The smallest absolute Gasteiger partial charge is 0.180 e. The molecule has 1 spiro atoms. The zero-order valence-electron chi connectivity index (χ0n) is 9.47. The maximum Gasteiger partial charge on any atom is 0.180 e. The molecule has 1 saturated carbocycles. The van der Waals surface area contributed by atoms with Crippen molar-refractivity contribution in [1.82, 2.24) is 0 Å². The van der Waals surface area contributed by atoms with Gasteiger partial charge >= 0.3 is 0 Å². The first kappa shape index (κ1) is 9.47. The van der Waals surface area contributed by atoms with Crippen molar-refractivity contribution in [3.63, 3.8) is 0 Å². The molecule has 0 aromatic heterocycles. The molecule has 76 valence electrons. The molecule has 2 rings (SSSR count). The molecular weight excluding hydrogens is 164 g/mol. The van der Waals surface area contributed by atoms with E-state index in [1.807, 2.05) is 0 Å². The molecule has 2 fully saturated rings. The summed E-state index contributed by atoms with van der Waals surface area (Å²) in [6, 6.07) is 0. The van der Waals surface area contributed by atoms with Crippen molar-refractivity contribution in [1.29, 1.82) is 0 Å². The lowest BCUT2D eigenvalue weighted by Crippen LogP contribution is -2.20. The monoisotopic (exact) mass is 184 g/mol. The Bertz CT molecular complexity index is 216. The normalized spacial score (nSPS) is 43.8. The van der Waals surface area contributed by atoms with E-state index in [0.717, 1.165) is 0 Å². The first-order valence-corrected chi connectivity index (χ1v) is 5.12. The van der Waals surface area contributed by atoms with E-state index in [2.05, 4.69) is 41.5 Å². The second-order valence-corrected chi connectivity index (χ2v) is 5.51. The van der Waals surface area contributed by atoms with Crippen LogP contribution in [0.5, 0.6) is 0 Å². The first-order valence-electron chi connectivity index (χ1n) is 5.12. The van der Waals surface area contributed by atoms with E-state index >= 15 is 0 Å². The van der Waals surface area contributed by atoms with Gasteiger partial charge < -0.3 is 9.47 Å². The van der Waals surface area contributed by atoms with Crippen molar-refractivity contribution in [2.75, 3.05) is 0 Å². The van der Waals surface area contributed by atoms with E-state index in [0.29, 0.717) is 0 Å². The second kappa shape index (κ2) is 2.12. The van der Waals surface area contributed by atoms with E-state index in [9.17, 15) is 0 Å². The van der Waals surface area contributed by atoms with E-state index < -0.39 is 0 Å². The molecule has 0 radical (unpaired) electrons. The first-order chi connectivity index (χ1) is 5.76. The SMILES string of the molecule is C[C@@H]1OC2(O[C@H]1C)C(C)(C)C2(C)C. The topological polar surface area (TPSA) is 18.5 Å². The largest absolute Gasteiger partial charge is 0.343 e. The molecule has 0 amide bonds. The third-order valence-corrected chi connectivity index (χ3v) is 4.51. The molecule has 1 heterocycles. The fourth-order valence-electron chi connectivity index (χ4n) is 2.54. The van der Waals surface area contributed by atoms with Gasteiger partial charge in [-0.1, -0.05) is 27.7 Å². The lowest BCUT2D eigenvalue weighted by atomic mass is 10.0. The van der Waals surface area contributed by atoms with Crippen LogP contribution in [0.2, 0.25) is 0 Å². The number of hydrogen-bond acceptors (Lipinski definition) is 2. The van der Waals surface area contributed by atoms with Gasteiger partial charge in [-0.15, -0.1) is 0 Å². The highest BCUT2D eigenvalue weighted by Gasteiger charge is 2.83. The van der Waals surface area contributed by atoms with Crippen molar-refractivity contribution >= 4 is 0 Å². The van der Waals surface area contributed by atoms with Crippen LogP contribution in [-0.2, 0) is 9.47 Å². The maximum atomic E-state index is 5.98. The highest BCUT2D eigenvalue weighted by Crippen LogP contribution is 2.75. The summed E-state index contributed by atoms with van der Waals surface area (Å²) in [5.41, 5.74) is 0.276. The van der Waals surface area contributed by atoms with Gasteiger partial charge in [0.2, 0.25) is 0 Å². The van der Waals surface area contributed by atoms with Gasteiger partial charge in [-0.05, 0) is 13.8 Å². The minimum Gasteiger partial charge on any atom is -0.343 e. The lowest BCUT2D eigenvalue weighted by molar-refractivity contribution is -0.131. The predicted molar refractivity (Wildman–Crippen MR) is 51.4 cm³/mol. The zero-order valence-corrected chi connectivity index (χ0v) is 9.47. The van der Waals surface area contributed by atoms with Crippen molar-refractivity contribution in [2.45, 2.75) is 59.5 Å². The minimum atomic E-state index is -0.321. The van der Waals surface area contributed by atoms with E-state index in [1.54, 1.807) is 0 Å². The quantitative estimate of drug-likeness (QED) is 0.576. The van der Waals surface area contributed by atoms with Crippen LogP contribution in [0.4, 0.5) is 0 Å². The zero-order chi connectivity index (χ0) is 10.1. The third kappa shape index (κ3) is 0.774. The summed E-state index contributed by atoms with van der Waals surface area (Å²) in [7, 11) is 0. The molecule has 2 nitrogen and oxygen atoms in total. The second-order valence-electron chi connectivity index (χ2n) is 5.51. The standard InChI is InChI=1S/C11H20O2/c1-7-8(2)13-11(12-7)9(3,4)10(11,5)6/h7-8H,1-6H3/t7-,8-/m0/s1. The van der Waals surface area contributed by atoms with Gasteiger partial charge in [0.1, 0.15) is 0 Å². The van der Waals surface area contributed by atoms with Crippen LogP contribution < -0.4 is 0 Å². The van der Waals surface area contributed by atoms with Gasteiger partial charge in [-0.2, -0.15) is 0 Å². The van der Waals surface area contributed by atoms with Crippen molar-refractivity contribution in [2.24, 2.45) is 10.8 Å². The average Bonchev–Trinajstić information content (AvgIpc) is 2.30. The fraction of sp³-hybridized carbons (Fsp3) is 1.00. The van der Waals surface area contributed by atoms with Crippen LogP contribution in [0.1, 0.15) is 41.5 Å². The van der Waals surface area contributed by atoms with Gasteiger partial charge in [0.05, 0.1) is 12.2 Å². The molecule has 2 heteroatoms. The predicted octanol–water partition coefficient (Wildman–Crippen LogP) is 2.57. The van der Waals surface area contributed by atoms with Gasteiger partial charge in [-0.3, -0.25) is 0 Å². The fourth-order valence-corrected chi connectivity index (χ4v) is 2.54. The minimum absolute atomic E-state index is 0.138. The Morgan fingerprint density at radius 2 is 1.08 bits per heavy atom. The van der Waals surface area contributed by atoms with Gasteiger partial charge in [0.15, 0.2) is 5.79 Å². The Balaban J connectivity index is 2.29. The summed E-state index contributed by atoms with van der Waals surface area (Å²) in [6.07, 6.45) is 0.446. The number of rotatable bonds is 0. The lowest BCUT2D eigenvalue weighted by Gasteiger charge is -2.13. The highest BCUT2D eigenvalue weighted by atomic mass is 16.8. The molecule has 0 bridgehead atoms. The van der Waals surface area contributed by atoms with Gasteiger partial charge in [0, 0.05) is 10.8 Å². The van der Waals surface area contributed by atoms with E-state index in [1.165, 1.54) is 0 Å². The molecule has 1 aliphatic heterocycles. The Kier molecular flexibility index (Phi) is 1.54. The summed E-state index contributed by atoms with van der Waals surface area (Å²) in [5, 5.41) is 0. The Labute approximate surface area is 80.6 Å².